The van der Waals surface area contributed by atoms with Gasteiger partial charge in [0, 0.05) is 25.2 Å². The van der Waals surface area contributed by atoms with E-state index in [0.29, 0.717) is 31.0 Å². The number of amides is 1. The fourth-order valence-electron chi connectivity index (χ4n) is 2.81. The zero-order chi connectivity index (χ0) is 15.6. The molecule has 1 heterocycles. The second kappa shape index (κ2) is 6.38. The summed E-state index contributed by atoms with van der Waals surface area (Å²) in [4.78, 5) is 14.1. The lowest BCUT2D eigenvalue weighted by molar-refractivity contribution is 0.0726. The first-order valence-electron chi connectivity index (χ1n) is 7.89. The lowest BCUT2D eigenvalue weighted by Crippen LogP contribution is -2.48. The standard InChI is InChI=1S/C16H22N2O3S/c19-16(14-5-2-1-3-6-14)18-10-4-7-15(12-18)22(20,21)17-11-13-8-9-13/h1-3,5-6,13,15,17H,4,7-12H2/t15-/m0/s1. The van der Waals surface area contributed by atoms with Gasteiger partial charge < -0.3 is 4.90 Å². The Morgan fingerprint density at radius 1 is 1.18 bits per heavy atom. The van der Waals surface area contributed by atoms with Gasteiger partial charge in [-0.1, -0.05) is 18.2 Å². The summed E-state index contributed by atoms with van der Waals surface area (Å²) in [6.45, 7) is 1.46. The predicted octanol–water partition coefficient (Wildman–Crippen LogP) is 1.62. The monoisotopic (exact) mass is 322 g/mol. The molecule has 1 aromatic rings. The SMILES string of the molecule is O=C(c1ccccc1)N1CCC[C@H](S(=O)(=O)NCC2CC2)C1. The van der Waals surface area contributed by atoms with Crippen molar-refractivity contribution >= 4 is 15.9 Å². The molecule has 1 amide bonds. The third kappa shape index (κ3) is 3.67. The number of hydrogen-bond donors (Lipinski definition) is 1. The molecule has 6 heteroatoms. The average Bonchev–Trinajstić information content (AvgIpc) is 3.38. The van der Waals surface area contributed by atoms with Crippen LogP contribution in [0, 0.1) is 5.92 Å². The van der Waals surface area contributed by atoms with Crippen molar-refractivity contribution < 1.29 is 13.2 Å². The van der Waals surface area contributed by atoms with E-state index in [1.165, 1.54) is 0 Å². The molecule has 5 nitrogen and oxygen atoms in total. The number of sulfonamides is 1. The topological polar surface area (TPSA) is 66.5 Å². The predicted molar refractivity (Wildman–Crippen MR) is 85.0 cm³/mol. The van der Waals surface area contributed by atoms with Crippen LogP contribution in [0.1, 0.15) is 36.0 Å². The first-order valence-corrected chi connectivity index (χ1v) is 9.44. The van der Waals surface area contributed by atoms with Crippen molar-refractivity contribution in [1.29, 1.82) is 0 Å². The van der Waals surface area contributed by atoms with Crippen molar-refractivity contribution in [3.63, 3.8) is 0 Å². The van der Waals surface area contributed by atoms with E-state index in [9.17, 15) is 13.2 Å². The highest BCUT2D eigenvalue weighted by atomic mass is 32.2. The largest absolute Gasteiger partial charge is 0.337 e. The summed E-state index contributed by atoms with van der Waals surface area (Å²) in [5, 5.41) is -0.493. The van der Waals surface area contributed by atoms with E-state index in [1.54, 1.807) is 17.0 Å². The lowest BCUT2D eigenvalue weighted by Gasteiger charge is -2.32. The van der Waals surface area contributed by atoms with E-state index in [-0.39, 0.29) is 12.5 Å². The molecule has 2 aliphatic rings. The van der Waals surface area contributed by atoms with Crippen LogP contribution in [-0.4, -0.2) is 44.1 Å². The van der Waals surface area contributed by atoms with E-state index in [2.05, 4.69) is 4.72 Å². The molecule has 120 valence electrons. The van der Waals surface area contributed by atoms with Crippen LogP contribution < -0.4 is 4.72 Å². The van der Waals surface area contributed by atoms with Crippen molar-refractivity contribution in [3.8, 4) is 0 Å². The minimum Gasteiger partial charge on any atom is -0.337 e. The Bertz CT molecular complexity index is 626. The highest BCUT2D eigenvalue weighted by Crippen LogP contribution is 2.28. The molecule has 3 rings (SSSR count). The Morgan fingerprint density at radius 2 is 1.91 bits per heavy atom. The summed E-state index contributed by atoms with van der Waals surface area (Å²) >= 11 is 0. The molecule has 1 saturated heterocycles. The molecule has 1 atom stereocenters. The van der Waals surface area contributed by atoms with Crippen LogP contribution in [0.2, 0.25) is 0 Å². The van der Waals surface area contributed by atoms with Crippen molar-refractivity contribution in [2.24, 2.45) is 5.92 Å². The third-order valence-corrected chi connectivity index (χ3v) is 6.23. The van der Waals surface area contributed by atoms with Gasteiger partial charge in [0.1, 0.15) is 0 Å². The molecule has 0 aromatic heterocycles. The molecular formula is C16H22N2O3S. The minimum absolute atomic E-state index is 0.0808. The van der Waals surface area contributed by atoms with Gasteiger partial charge in [0.25, 0.3) is 5.91 Å². The summed E-state index contributed by atoms with van der Waals surface area (Å²) < 4.78 is 27.5. The second-order valence-electron chi connectivity index (χ2n) is 6.22. The number of benzene rings is 1. The summed E-state index contributed by atoms with van der Waals surface area (Å²) in [6, 6.07) is 9.05. The Morgan fingerprint density at radius 3 is 2.59 bits per heavy atom. The van der Waals surface area contributed by atoms with Crippen LogP contribution in [-0.2, 0) is 10.0 Å². The molecule has 2 fully saturated rings. The van der Waals surface area contributed by atoms with Gasteiger partial charge in [-0.05, 0) is 43.7 Å². The molecule has 22 heavy (non-hydrogen) atoms. The average molecular weight is 322 g/mol. The van der Waals surface area contributed by atoms with Gasteiger partial charge >= 0.3 is 0 Å². The van der Waals surface area contributed by atoms with E-state index in [1.807, 2.05) is 18.2 Å². The van der Waals surface area contributed by atoms with Crippen molar-refractivity contribution in [1.82, 2.24) is 9.62 Å². The number of carbonyl (C=O) groups excluding carboxylic acids is 1. The van der Waals surface area contributed by atoms with Crippen LogP contribution in [0.3, 0.4) is 0 Å². The number of hydrogen-bond acceptors (Lipinski definition) is 3. The second-order valence-corrected chi connectivity index (χ2v) is 8.26. The highest BCUT2D eigenvalue weighted by molar-refractivity contribution is 7.90. The lowest BCUT2D eigenvalue weighted by atomic mass is 10.1. The Labute approximate surface area is 131 Å². The summed E-state index contributed by atoms with van der Waals surface area (Å²) in [6.07, 6.45) is 3.59. The van der Waals surface area contributed by atoms with E-state index >= 15 is 0 Å². The zero-order valence-corrected chi connectivity index (χ0v) is 13.4. The normalized spacial score (nSPS) is 22.5. The first kappa shape index (κ1) is 15.5. The van der Waals surface area contributed by atoms with E-state index in [4.69, 9.17) is 0 Å². The highest BCUT2D eigenvalue weighted by Gasteiger charge is 2.34. The maximum absolute atomic E-state index is 12.5. The number of nitrogens with one attached hydrogen (secondary N) is 1. The van der Waals surface area contributed by atoms with Gasteiger partial charge in [0.05, 0.1) is 5.25 Å². The molecule has 1 N–H and O–H groups in total. The fraction of sp³-hybridized carbons (Fsp3) is 0.562. The maximum Gasteiger partial charge on any atom is 0.253 e. The van der Waals surface area contributed by atoms with Gasteiger partial charge in [0.15, 0.2) is 0 Å². The van der Waals surface area contributed by atoms with Crippen LogP contribution in [0.15, 0.2) is 30.3 Å². The van der Waals surface area contributed by atoms with Gasteiger partial charge in [-0.3, -0.25) is 4.79 Å². The van der Waals surface area contributed by atoms with Gasteiger partial charge in [-0.15, -0.1) is 0 Å². The molecule has 0 unspecified atom stereocenters. The zero-order valence-electron chi connectivity index (χ0n) is 12.6. The molecule has 0 spiro atoms. The molecule has 1 saturated carbocycles. The van der Waals surface area contributed by atoms with Gasteiger partial charge in [0.2, 0.25) is 10.0 Å². The van der Waals surface area contributed by atoms with E-state index < -0.39 is 15.3 Å². The Balaban J connectivity index is 1.64. The van der Waals surface area contributed by atoms with Crippen LogP contribution in [0.5, 0.6) is 0 Å². The molecule has 1 aromatic carbocycles. The minimum atomic E-state index is -3.33. The summed E-state index contributed by atoms with van der Waals surface area (Å²) in [7, 11) is -3.33. The van der Waals surface area contributed by atoms with Crippen molar-refractivity contribution in [2.45, 2.75) is 30.9 Å². The van der Waals surface area contributed by atoms with Gasteiger partial charge in [-0.2, -0.15) is 0 Å². The number of likely N-dealkylation sites (tertiary alicyclic amines) is 1. The van der Waals surface area contributed by atoms with Crippen LogP contribution in [0.25, 0.3) is 0 Å². The number of rotatable bonds is 5. The Kier molecular flexibility index (Phi) is 4.49. The van der Waals surface area contributed by atoms with Gasteiger partial charge in [-0.25, -0.2) is 13.1 Å². The summed E-state index contributed by atoms with van der Waals surface area (Å²) in [5.41, 5.74) is 0.617. The van der Waals surface area contributed by atoms with E-state index in [0.717, 1.165) is 19.3 Å². The van der Waals surface area contributed by atoms with Crippen LogP contribution in [0.4, 0.5) is 0 Å². The Hall–Kier alpha value is -1.40. The van der Waals surface area contributed by atoms with Crippen molar-refractivity contribution in [3.05, 3.63) is 35.9 Å². The van der Waals surface area contributed by atoms with Crippen molar-refractivity contribution in [2.75, 3.05) is 19.6 Å². The molecule has 0 bridgehead atoms. The molecule has 1 aliphatic heterocycles. The maximum atomic E-state index is 12.5. The number of piperidine rings is 1. The third-order valence-electron chi connectivity index (χ3n) is 4.40. The molecule has 1 aliphatic carbocycles. The smallest absolute Gasteiger partial charge is 0.253 e. The first-order chi connectivity index (χ1) is 10.6. The summed E-state index contributed by atoms with van der Waals surface area (Å²) in [5.74, 6) is 0.433. The molecular weight excluding hydrogens is 300 g/mol. The fourth-order valence-corrected chi connectivity index (χ4v) is 4.37. The molecule has 0 radical (unpaired) electrons. The van der Waals surface area contributed by atoms with Crippen LogP contribution >= 0.6 is 0 Å². The number of nitrogens with zero attached hydrogens (tertiary/aromatic N) is 1. The number of carbonyl (C=O) groups is 1. The quantitative estimate of drug-likeness (QED) is 0.896.